The predicted octanol–water partition coefficient (Wildman–Crippen LogP) is 4.27. The second-order valence-electron chi connectivity index (χ2n) is 8.06. The van der Waals surface area contributed by atoms with Gasteiger partial charge in [0.2, 0.25) is 0 Å². The standard InChI is InChI=1S/C28H23FN2O6/c1-3-37-27(34)18-10-12-21(13-11-18)31-26(33)22(25(32)30-28(31)35)14-17-8-9-20(24(15-17)36-2)16-19-6-4-5-7-23(19)29/h4-15H,3,16H2,1-2H3,(H,30,32,35)/b22-14+. The normalized spacial score (nSPS) is 14.5. The zero-order chi connectivity index (χ0) is 26.5. The van der Waals surface area contributed by atoms with Crippen molar-refractivity contribution in [2.45, 2.75) is 13.3 Å². The Bertz CT molecular complexity index is 1410. The third-order valence-electron chi connectivity index (χ3n) is 5.70. The number of hydrogen-bond donors (Lipinski definition) is 1. The molecule has 0 saturated carbocycles. The van der Waals surface area contributed by atoms with Gasteiger partial charge in [-0.1, -0.05) is 30.3 Å². The van der Waals surface area contributed by atoms with E-state index in [1.54, 1.807) is 43.3 Å². The highest BCUT2D eigenvalue weighted by Gasteiger charge is 2.36. The number of ether oxygens (including phenoxy) is 2. The molecule has 0 atom stereocenters. The molecule has 1 saturated heterocycles. The third kappa shape index (κ3) is 5.40. The maximum absolute atomic E-state index is 14.1. The summed E-state index contributed by atoms with van der Waals surface area (Å²) < 4.78 is 24.5. The Hall–Kier alpha value is -4.79. The van der Waals surface area contributed by atoms with Gasteiger partial charge < -0.3 is 9.47 Å². The summed E-state index contributed by atoms with van der Waals surface area (Å²) in [6, 6.07) is 16.2. The molecule has 0 spiro atoms. The molecule has 4 amide bonds. The molecule has 4 rings (SSSR count). The van der Waals surface area contributed by atoms with Crippen LogP contribution in [0.15, 0.2) is 72.3 Å². The molecule has 188 valence electrons. The predicted molar refractivity (Wildman–Crippen MR) is 134 cm³/mol. The number of benzene rings is 3. The lowest BCUT2D eigenvalue weighted by Crippen LogP contribution is -2.54. The zero-order valence-corrected chi connectivity index (χ0v) is 20.1. The summed E-state index contributed by atoms with van der Waals surface area (Å²) in [5.74, 6) is -2.09. The minimum absolute atomic E-state index is 0.173. The van der Waals surface area contributed by atoms with Crippen LogP contribution in [0.5, 0.6) is 5.75 Å². The summed E-state index contributed by atoms with van der Waals surface area (Å²) in [5, 5.41) is 2.16. The SMILES string of the molecule is CCOC(=O)c1ccc(N2C(=O)NC(=O)/C(=C\c3ccc(Cc4ccccc4F)c(OC)c3)C2=O)cc1. The van der Waals surface area contributed by atoms with E-state index in [9.17, 15) is 23.6 Å². The molecule has 3 aromatic carbocycles. The van der Waals surface area contributed by atoms with E-state index in [0.29, 0.717) is 22.4 Å². The molecule has 37 heavy (non-hydrogen) atoms. The molecule has 1 N–H and O–H groups in total. The van der Waals surface area contributed by atoms with Gasteiger partial charge in [-0.05, 0) is 66.1 Å². The summed E-state index contributed by atoms with van der Waals surface area (Å²) in [5.41, 5.74) is 1.85. The van der Waals surface area contributed by atoms with Crippen molar-refractivity contribution in [2.75, 3.05) is 18.6 Å². The van der Waals surface area contributed by atoms with Crippen LogP contribution >= 0.6 is 0 Å². The van der Waals surface area contributed by atoms with Crippen LogP contribution in [0.25, 0.3) is 6.08 Å². The molecule has 1 aliphatic heterocycles. The van der Waals surface area contributed by atoms with Gasteiger partial charge in [-0.3, -0.25) is 14.9 Å². The fraction of sp³-hybridized carbons (Fsp3) is 0.143. The summed E-state index contributed by atoms with van der Waals surface area (Å²) >= 11 is 0. The lowest BCUT2D eigenvalue weighted by Gasteiger charge is -2.26. The van der Waals surface area contributed by atoms with Crippen molar-refractivity contribution in [1.82, 2.24) is 5.32 Å². The van der Waals surface area contributed by atoms with Crippen molar-refractivity contribution in [2.24, 2.45) is 0 Å². The van der Waals surface area contributed by atoms with Crippen molar-refractivity contribution in [3.05, 3.63) is 100 Å². The number of imide groups is 2. The number of hydrogen-bond acceptors (Lipinski definition) is 6. The monoisotopic (exact) mass is 502 g/mol. The van der Waals surface area contributed by atoms with Crippen molar-refractivity contribution in [3.63, 3.8) is 0 Å². The Morgan fingerprint density at radius 2 is 1.73 bits per heavy atom. The van der Waals surface area contributed by atoms with Crippen LogP contribution in [0.2, 0.25) is 0 Å². The molecule has 0 aliphatic carbocycles. The highest BCUT2D eigenvalue weighted by atomic mass is 19.1. The molecule has 0 bridgehead atoms. The largest absolute Gasteiger partial charge is 0.496 e. The van der Waals surface area contributed by atoms with Gasteiger partial charge in [0.25, 0.3) is 11.8 Å². The maximum Gasteiger partial charge on any atom is 0.338 e. The number of urea groups is 1. The van der Waals surface area contributed by atoms with Crippen molar-refractivity contribution < 1.29 is 33.0 Å². The number of carbonyl (C=O) groups excluding carboxylic acids is 4. The van der Waals surface area contributed by atoms with Gasteiger partial charge in [0, 0.05) is 6.42 Å². The Labute approximate surface area is 212 Å². The van der Waals surface area contributed by atoms with Crippen LogP contribution in [0.3, 0.4) is 0 Å². The van der Waals surface area contributed by atoms with Crippen LogP contribution in [0.4, 0.5) is 14.9 Å². The number of nitrogens with zero attached hydrogens (tertiary/aromatic N) is 1. The second-order valence-corrected chi connectivity index (χ2v) is 8.06. The molecule has 1 fully saturated rings. The molecule has 0 aromatic heterocycles. The number of nitrogens with one attached hydrogen (secondary N) is 1. The topological polar surface area (TPSA) is 102 Å². The van der Waals surface area contributed by atoms with Gasteiger partial charge in [-0.15, -0.1) is 0 Å². The van der Waals surface area contributed by atoms with E-state index < -0.39 is 23.8 Å². The first kappa shape index (κ1) is 25.3. The molecule has 0 unspecified atom stereocenters. The first-order valence-electron chi connectivity index (χ1n) is 11.4. The minimum Gasteiger partial charge on any atom is -0.496 e. The molecule has 1 heterocycles. The molecule has 9 heteroatoms. The summed E-state index contributed by atoms with van der Waals surface area (Å²) in [6.45, 7) is 1.89. The van der Waals surface area contributed by atoms with Gasteiger partial charge in [0.15, 0.2) is 0 Å². The molecular weight excluding hydrogens is 479 g/mol. The molecular formula is C28H23FN2O6. The highest BCUT2D eigenvalue weighted by Crippen LogP contribution is 2.27. The van der Waals surface area contributed by atoms with Crippen LogP contribution in [0, 0.1) is 5.82 Å². The lowest BCUT2D eigenvalue weighted by atomic mass is 10.00. The number of carbonyl (C=O) groups is 4. The quantitative estimate of drug-likeness (QED) is 0.294. The van der Waals surface area contributed by atoms with Gasteiger partial charge >= 0.3 is 12.0 Å². The Kier molecular flexibility index (Phi) is 7.43. The van der Waals surface area contributed by atoms with Crippen molar-refractivity contribution >= 4 is 35.6 Å². The van der Waals surface area contributed by atoms with Crippen LogP contribution in [0.1, 0.15) is 34.0 Å². The molecule has 3 aromatic rings. The smallest absolute Gasteiger partial charge is 0.338 e. The van der Waals surface area contributed by atoms with E-state index in [0.717, 1.165) is 4.90 Å². The third-order valence-corrected chi connectivity index (χ3v) is 5.70. The van der Waals surface area contributed by atoms with Crippen molar-refractivity contribution in [3.8, 4) is 5.75 Å². The summed E-state index contributed by atoms with van der Waals surface area (Å²) in [4.78, 5) is 50.9. The number of halogens is 1. The number of methoxy groups -OCH3 is 1. The van der Waals surface area contributed by atoms with Crippen LogP contribution in [-0.2, 0) is 20.7 Å². The fourth-order valence-corrected chi connectivity index (χ4v) is 3.86. The zero-order valence-electron chi connectivity index (χ0n) is 20.1. The van der Waals surface area contributed by atoms with Gasteiger partial charge in [-0.25, -0.2) is 18.9 Å². The summed E-state index contributed by atoms with van der Waals surface area (Å²) in [7, 11) is 1.47. The number of anilines is 1. The maximum atomic E-state index is 14.1. The first-order valence-corrected chi connectivity index (χ1v) is 11.4. The van der Waals surface area contributed by atoms with Crippen LogP contribution in [-0.4, -0.2) is 37.5 Å². The Morgan fingerprint density at radius 3 is 2.41 bits per heavy atom. The second kappa shape index (κ2) is 10.9. The average Bonchev–Trinajstić information content (AvgIpc) is 2.89. The molecule has 0 radical (unpaired) electrons. The van der Waals surface area contributed by atoms with E-state index in [2.05, 4.69) is 5.32 Å². The lowest BCUT2D eigenvalue weighted by molar-refractivity contribution is -0.122. The van der Waals surface area contributed by atoms with E-state index in [1.807, 2.05) is 0 Å². The van der Waals surface area contributed by atoms with Gasteiger partial charge in [0.05, 0.1) is 25.0 Å². The minimum atomic E-state index is -0.908. The molecule has 1 aliphatic rings. The summed E-state index contributed by atoms with van der Waals surface area (Å²) in [6.07, 6.45) is 1.63. The highest BCUT2D eigenvalue weighted by molar-refractivity contribution is 6.39. The van der Waals surface area contributed by atoms with E-state index >= 15 is 0 Å². The first-order chi connectivity index (χ1) is 17.8. The van der Waals surface area contributed by atoms with Crippen molar-refractivity contribution in [1.29, 1.82) is 0 Å². The van der Waals surface area contributed by atoms with E-state index in [4.69, 9.17) is 9.47 Å². The van der Waals surface area contributed by atoms with E-state index in [-0.39, 0.29) is 35.7 Å². The number of rotatable bonds is 7. The van der Waals surface area contributed by atoms with Gasteiger partial charge in [-0.2, -0.15) is 0 Å². The number of esters is 1. The van der Waals surface area contributed by atoms with Gasteiger partial charge in [0.1, 0.15) is 17.1 Å². The molecule has 8 nitrogen and oxygen atoms in total. The fourth-order valence-electron chi connectivity index (χ4n) is 3.86. The average molecular weight is 502 g/mol. The number of amides is 4. The number of barbiturate groups is 1. The Morgan fingerprint density at radius 1 is 1.00 bits per heavy atom. The Balaban J connectivity index is 1.62. The van der Waals surface area contributed by atoms with Crippen LogP contribution < -0.4 is 15.0 Å². The van der Waals surface area contributed by atoms with E-state index in [1.165, 1.54) is 43.5 Å².